The van der Waals surface area contributed by atoms with E-state index in [4.69, 9.17) is 11.6 Å². The zero-order valence-electron chi connectivity index (χ0n) is 16.2. The van der Waals surface area contributed by atoms with Crippen molar-refractivity contribution in [2.45, 2.75) is 11.0 Å². The molecular formula is C23H18ClFN2O3S. The van der Waals surface area contributed by atoms with Gasteiger partial charge in [0, 0.05) is 10.6 Å². The molecular weight excluding hydrogens is 439 g/mol. The van der Waals surface area contributed by atoms with Crippen LogP contribution in [0, 0.1) is 5.82 Å². The number of hydrogen-bond donors (Lipinski definition) is 2. The molecule has 4 rings (SSSR count). The van der Waals surface area contributed by atoms with Gasteiger partial charge < -0.3 is 5.11 Å². The number of benzene rings is 3. The second-order valence-electron chi connectivity index (χ2n) is 6.95. The van der Waals surface area contributed by atoms with Crippen LogP contribution in [0.4, 0.5) is 4.39 Å². The van der Waals surface area contributed by atoms with Crippen molar-refractivity contribution < 1.29 is 19.1 Å². The lowest BCUT2D eigenvalue weighted by atomic mass is 9.85. The first-order chi connectivity index (χ1) is 14.9. The minimum atomic E-state index is -2.07. The predicted octanol–water partition coefficient (Wildman–Crippen LogP) is 4.02. The van der Waals surface area contributed by atoms with Gasteiger partial charge in [0.25, 0.3) is 11.8 Å². The molecule has 0 saturated carbocycles. The number of hydrazine groups is 1. The summed E-state index contributed by atoms with van der Waals surface area (Å²) < 4.78 is 14.5. The van der Waals surface area contributed by atoms with E-state index in [9.17, 15) is 19.1 Å². The van der Waals surface area contributed by atoms with E-state index in [1.54, 1.807) is 60.7 Å². The number of nitrogens with one attached hydrogen (secondary N) is 1. The number of thioether (sulfide) groups is 1. The van der Waals surface area contributed by atoms with Gasteiger partial charge in [-0.05, 0) is 23.3 Å². The number of hydrogen-bond acceptors (Lipinski definition) is 4. The maximum Gasteiger partial charge on any atom is 0.279 e. The quantitative estimate of drug-likeness (QED) is 0.608. The standard InChI is InChI=1S/C23H18ClFN2O3S/c24-17-12-7-13-18(25)20(17)21-27(19(28)14-31-21)26-22(29)23(30,15-8-3-1-4-9-15)16-10-5-2-6-11-16/h1-13,21,30H,14H2,(H,26,29). The average molecular weight is 457 g/mol. The van der Waals surface area contributed by atoms with Gasteiger partial charge in [-0.2, -0.15) is 0 Å². The Morgan fingerprint density at radius 2 is 1.61 bits per heavy atom. The van der Waals surface area contributed by atoms with Crippen molar-refractivity contribution in [2.24, 2.45) is 0 Å². The first-order valence-electron chi connectivity index (χ1n) is 9.45. The molecule has 31 heavy (non-hydrogen) atoms. The normalized spacial score (nSPS) is 16.4. The Kier molecular flexibility index (Phi) is 6.00. The summed E-state index contributed by atoms with van der Waals surface area (Å²) in [6.45, 7) is 0. The van der Waals surface area contributed by atoms with Crippen molar-refractivity contribution in [3.8, 4) is 0 Å². The minimum Gasteiger partial charge on any atom is -0.372 e. The van der Waals surface area contributed by atoms with Gasteiger partial charge in [0.2, 0.25) is 0 Å². The summed E-state index contributed by atoms with van der Waals surface area (Å²) >= 11 is 7.33. The highest BCUT2D eigenvalue weighted by molar-refractivity contribution is 8.00. The number of carbonyl (C=O) groups excluding carboxylic acids is 2. The third kappa shape index (κ3) is 3.92. The zero-order chi connectivity index (χ0) is 22.0. The third-order valence-corrected chi connectivity index (χ3v) is 6.55. The number of amides is 2. The molecule has 1 saturated heterocycles. The zero-order valence-corrected chi connectivity index (χ0v) is 17.7. The molecule has 158 valence electrons. The molecule has 1 fully saturated rings. The second kappa shape index (κ2) is 8.70. The molecule has 1 aliphatic rings. The van der Waals surface area contributed by atoms with Crippen LogP contribution >= 0.6 is 23.4 Å². The smallest absolute Gasteiger partial charge is 0.279 e. The van der Waals surface area contributed by atoms with Gasteiger partial charge in [0.05, 0.1) is 5.75 Å². The fraction of sp³-hybridized carbons (Fsp3) is 0.130. The van der Waals surface area contributed by atoms with Crippen LogP contribution in [-0.2, 0) is 15.2 Å². The van der Waals surface area contributed by atoms with E-state index < -0.39 is 28.6 Å². The minimum absolute atomic E-state index is 0.0325. The average Bonchev–Trinajstić information content (AvgIpc) is 3.14. The summed E-state index contributed by atoms with van der Waals surface area (Å²) in [5.41, 5.74) is 1.21. The molecule has 2 amide bonds. The maximum atomic E-state index is 14.5. The van der Waals surface area contributed by atoms with Gasteiger partial charge in [-0.3, -0.25) is 15.0 Å². The van der Waals surface area contributed by atoms with Gasteiger partial charge >= 0.3 is 0 Å². The van der Waals surface area contributed by atoms with Gasteiger partial charge in [-0.25, -0.2) is 9.40 Å². The topological polar surface area (TPSA) is 69.6 Å². The molecule has 3 aromatic rings. The fourth-order valence-corrected chi connectivity index (χ4v) is 4.98. The Labute approximate surface area is 187 Å². The molecule has 1 unspecified atom stereocenters. The first-order valence-corrected chi connectivity index (χ1v) is 10.9. The van der Waals surface area contributed by atoms with Crippen LogP contribution in [0.25, 0.3) is 0 Å². The molecule has 1 aliphatic heterocycles. The lowest BCUT2D eigenvalue weighted by Crippen LogP contribution is -2.53. The van der Waals surface area contributed by atoms with E-state index in [-0.39, 0.29) is 16.3 Å². The summed E-state index contributed by atoms with van der Waals surface area (Å²) in [6.07, 6.45) is 0. The molecule has 0 radical (unpaired) electrons. The number of rotatable bonds is 5. The van der Waals surface area contributed by atoms with Crippen LogP contribution in [0.1, 0.15) is 22.1 Å². The highest BCUT2D eigenvalue weighted by Gasteiger charge is 2.44. The Bertz CT molecular complexity index is 1050. The van der Waals surface area contributed by atoms with Crippen molar-refractivity contribution in [3.63, 3.8) is 0 Å². The number of carbonyl (C=O) groups is 2. The van der Waals surface area contributed by atoms with E-state index in [2.05, 4.69) is 5.43 Å². The third-order valence-electron chi connectivity index (χ3n) is 5.05. The second-order valence-corrected chi connectivity index (χ2v) is 8.42. The van der Waals surface area contributed by atoms with Crippen LogP contribution in [0.15, 0.2) is 78.9 Å². The fourth-order valence-electron chi connectivity index (χ4n) is 3.48. The Morgan fingerprint density at radius 1 is 1.03 bits per heavy atom. The molecule has 3 aromatic carbocycles. The van der Waals surface area contributed by atoms with E-state index in [1.165, 1.54) is 18.2 Å². The molecule has 8 heteroatoms. The first kappa shape index (κ1) is 21.4. The summed E-state index contributed by atoms with van der Waals surface area (Å²) in [5, 5.41) is 11.9. The molecule has 2 N–H and O–H groups in total. The predicted molar refractivity (Wildman–Crippen MR) is 117 cm³/mol. The largest absolute Gasteiger partial charge is 0.372 e. The number of aliphatic hydroxyl groups is 1. The van der Waals surface area contributed by atoms with Gasteiger partial charge in [-0.15, -0.1) is 11.8 Å². The van der Waals surface area contributed by atoms with Crippen LogP contribution < -0.4 is 5.43 Å². The van der Waals surface area contributed by atoms with Crippen LogP contribution in [-0.4, -0.2) is 27.7 Å². The van der Waals surface area contributed by atoms with Gasteiger partial charge in [-0.1, -0.05) is 78.3 Å². The van der Waals surface area contributed by atoms with Crippen molar-refractivity contribution in [1.82, 2.24) is 10.4 Å². The summed E-state index contributed by atoms with van der Waals surface area (Å²) in [7, 11) is 0. The Morgan fingerprint density at radius 3 is 2.16 bits per heavy atom. The Hall–Kier alpha value is -2.87. The van der Waals surface area contributed by atoms with Gasteiger partial charge in [0.15, 0.2) is 5.60 Å². The van der Waals surface area contributed by atoms with Crippen LogP contribution in [0.5, 0.6) is 0 Å². The lowest BCUT2D eigenvalue weighted by Gasteiger charge is -2.32. The van der Waals surface area contributed by atoms with Crippen LogP contribution in [0.3, 0.4) is 0 Å². The van der Waals surface area contributed by atoms with Crippen molar-refractivity contribution in [1.29, 1.82) is 0 Å². The summed E-state index contributed by atoms with van der Waals surface area (Å²) in [4.78, 5) is 26.0. The SMILES string of the molecule is O=C1CSC(c2c(F)cccc2Cl)N1NC(=O)C(O)(c1ccccc1)c1ccccc1. The van der Waals surface area contributed by atoms with E-state index in [0.29, 0.717) is 11.1 Å². The highest BCUT2D eigenvalue weighted by Crippen LogP contribution is 2.42. The highest BCUT2D eigenvalue weighted by atomic mass is 35.5. The Balaban J connectivity index is 1.72. The molecule has 1 heterocycles. The molecule has 1 atom stereocenters. The van der Waals surface area contributed by atoms with E-state index in [1.807, 2.05) is 0 Å². The summed E-state index contributed by atoms with van der Waals surface area (Å²) in [5.74, 6) is -1.81. The molecule has 0 aliphatic carbocycles. The monoisotopic (exact) mass is 456 g/mol. The number of nitrogens with zero attached hydrogens (tertiary/aromatic N) is 1. The van der Waals surface area contributed by atoms with Crippen molar-refractivity contribution >= 4 is 35.2 Å². The van der Waals surface area contributed by atoms with E-state index in [0.717, 1.165) is 16.8 Å². The lowest BCUT2D eigenvalue weighted by molar-refractivity contribution is -0.148. The van der Waals surface area contributed by atoms with Crippen LogP contribution in [0.2, 0.25) is 5.02 Å². The van der Waals surface area contributed by atoms with Crippen molar-refractivity contribution in [2.75, 3.05) is 5.75 Å². The maximum absolute atomic E-state index is 14.5. The van der Waals surface area contributed by atoms with Gasteiger partial charge in [0.1, 0.15) is 11.2 Å². The molecule has 0 aromatic heterocycles. The van der Waals surface area contributed by atoms with E-state index >= 15 is 0 Å². The molecule has 0 bridgehead atoms. The molecule has 5 nitrogen and oxygen atoms in total. The molecule has 0 spiro atoms. The summed E-state index contributed by atoms with van der Waals surface area (Å²) in [6, 6.07) is 21.1. The number of halogens is 2. The van der Waals surface area contributed by atoms with Crippen molar-refractivity contribution in [3.05, 3.63) is 106 Å².